The first kappa shape index (κ1) is 6.09. The number of ether oxygens (including phenoxy) is 1. The van der Waals surface area contributed by atoms with Gasteiger partial charge in [-0.3, -0.25) is 0 Å². The lowest BCUT2D eigenvalue weighted by molar-refractivity contribution is 0.0912. The molecule has 1 saturated heterocycles. The van der Waals surface area contributed by atoms with Crippen LogP contribution in [0.15, 0.2) is 0 Å². The Balaban J connectivity index is 2.30. The standard InChI is InChI=1S/C7H14O/c1-3-7-6(2)4-5-8-7/h6-7H,3-5H2,1-2H3/t6-,7-/m1/s1. The van der Waals surface area contributed by atoms with Crippen molar-refractivity contribution in [2.45, 2.75) is 32.8 Å². The van der Waals surface area contributed by atoms with Gasteiger partial charge in [0.25, 0.3) is 0 Å². The molecule has 0 aromatic heterocycles. The van der Waals surface area contributed by atoms with Crippen molar-refractivity contribution in [3.8, 4) is 0 Å². The van der Waals surface area contributed by atoms with Crippen molar-refractivity contribution in [3.05, 3.63) is 0 Å². The van der Waals surface area contributed by atoms with Gasteiger partial charge in [0.05, 0.1) is 6.10 Å². The predicted octanol–water partition coefficient (Wildman–Crippen LogP) is 1.82. The summed E-state index contributed by atoms with van der Waals surface area (Å²) in [7, 11) is 0. The molecule has 0 saturated carbocycles. The molecule has 0 amide bonds. The largest absolute Gasteiger partial charge is 0.378 e. The second kappa shape index (κ2) is 2.49. The molecule has 0 spiro atoms. The molecule has 1 fully saturated rings. The molecule has 0 bridgehead atoms. The van der Waals surface area contributed by atoms with E-state index in [4.69, 9.17) is 4.74 Å². The van der Waals surface area contributed by atoms with Gasteiger partial charge >= 0.3 is 0 Å². The van der Waals surface area contributed by atoms with Gasteiger partial charge in [0.1, 0.15) is 0 Å². The van der Waals surface area contributed by atoms with Crippen molar-refractivity contribution in [2.75, 3.05) is 6.61 Å². The molecule has 1 heteroatoms. The lowest BCUT2D eigenvalue weighted by Crippen LogP contribution is -2.10. The van der Waals surface area contributed by atoms with Crippen LogP contribution < -0.4 is 0 Å². The van der Waals surface area contributed by atoms with Crippen LogP contribution in [0, 0.1) is 5.92 Å². The third kappa shape index (κ3) is 1.03. The normalized spacial score (nSPS) is 38.2. The Kier molecular flexibility index (Phi) is 1.90. The van der Waals surface area contributed by atoms with E-state index in [1.165, 1.54) is 12.8 Å². The summed E-state index contributed by atoms with van der Waals surface area (Å²) < 4.78 is 5.41. The fourth-order valence-corrected chi connectivity index (χ4v) is 1.28. The Morgan fingerprint density at radius 2 is 2.38 bits per heavy atom. The molecule has 0 radical (unpaired) electrons. The highest BCUT2D eigenvalue weighted by molar-refractivity contribution is 4.70. The minimum absolute atomic E-state index is 0.565. The maximum atomic E-state index is 5.41. The lowest BCUT2D eigenvalue weighted by atomic mass is 10.0. The first-order chi connectivity index (χ1) is 3.84. The molecular formula is C7H14O. The van der Waals surface area contributed by atoms with Gasteiger partial charge < -0.3 is 4.74 Å². The van der Waals surface area contributed by atoms with Crippen LogP contribution in [0.2, 0.25) is 0 Å². The highest BCUT2D eigenvalue weighted by Crippen LogP contribution is 2.21. The minimum Gasteiger partial charge on any atom is -0.378 e. The molecular weight excluding hydrogens is 100 g/mol. The SMILES string of the molecule is CC[C@H]1OCC[C@H]1C. The third-order valence-electron chi connectivity index (χ3n) is 1.94. The summed E-state index contributed by atoms with van der Waals surface area (Å²) in [6.07, 6.45) is 3.01. The van der Waals surface area contributed by atoms with E-state index in [9.17, 15) is 0 Å². The van der Waals surface area contributed by atoms with Crippen molar-refractivity contribution in [3.63, 3.8) is 0 Å². The zero-order valence-corrected chi connectivity index (χ0v) is 5.68. The summed E-state index contributed by atoms with van der Waals surface area (Å²) in [5, 5.41) is 0. The van der Waals surface area contributed by atoms with Gasteiger partial charge in [0, 0.05) is 6.61 Å². The Morgan fingerprint density at radius 1 is 1.62 bits per heavy atom. The van der Waals surface area contributed by atoms with Crippen molar-refractivity contribution in [2.24, 2.45) is 5.92 Å². The van der Waals surface area contributed by atoms with Gasteiger partial charge in [-0.05, 0) is 18.8 Å². The number of hydrogen-bond donors (Lipinski definition) is 0. The van der Waals surface area contributed by atoms with Crippen LogP contribution in [0.5, 0.6) is 0 Å². The minimum atomic E-state index is 0.565. The molecule has 0 aromatic carbocycles. The molecule has 8 heavy (non-hydrogen) atoms. The van der Waals surface area contributed by atoms with Gasteiger partial charge in [-0.15, -0.1) is 0 Å². The zero-order valence-electron chi connectivity index (χ0n) is 5.68. The van der Waals surface area contributed by atoms with Crippen LogP contribution in [0.1, 0.15) is 26.7 Å². The highest BCUT2D eigenvalue weighted by atomic mass is 16.5. The molecule has 2 atom stereocenters. The average molecular weight is 114 g/mol. The molecule has 0 aliphatic carbocycles. The first-order valence-electron chi connectivity index (χ1n) is 3.46. The van der Waals surface area contributed by atoms with Crippen LogP contribution in [0.4, 0.5) is 0 Å². The molecule has 1 aliphatic rings. The zero-order chi connectivity index (χ0) is 5.98. The summed E-state index contributed by atoms with van der Waals surface area (Å²) in [4.78, 5) is 0. The van der Waals surface area contributed by atoms with E-state index >= 15 is 0 Å². The molecule has 0 N–H and O–H groups in total. The van der Waals surface area contributed by atoms with Crippen molar-refractivity contribution >= 4 is 0 Å². The molecule has 1 rings (SSSR count). The number of hydrogen-bond acceptors (Lipinski definition) is 1. The van der Waals surface area contributed by atoms with E-state index < -0.39 is 0 Å². The quantitative estimate of drug-likeness (QED) is 0.505. The summed E-state index contributed by atoms with van der Waals surface area (Å²) in [5.41, 5.74) is 0. The topological polar surface area (TPSA) is 9.23 Å². The summed E-state index contributed by atoms with van der Waals surface area (Å²) in [6.45, 7) is 5.44. The van der Waals surface area contributed by atoms with Crippen molar-refractivity contribution < 1.29 is 4.74 Å². The van der Waals surface area contributed by atoms with E-state index in [-0.39, 0.29) is 0 Å². The Morgan fingerprint density at radius 3 is 2.62 bits per heavy atom. The Hall–Kier alpha value is -0.0400. The van der Waals surface area contributed by atoms with E-state index in [0.29, 0.717) is 6.10 Å². The van der Waals surface area contributed by atoms with Gasteiger partial charge in [-0.25, -0.2) is 0 Å². The average Bonchev–Trinajstić information content (AvgIpc) is 2.14. The van der Waals surface area contributed by atoms with E-state index in [2.05, 4.69) is 13.8 Å². The van der Waals surface area contributed by atoms with E-state index in [0.717, 1.165) is 12.5 Å². The Labute approximate surface area is 51.0 Å². The van der Waals surface area contributed by atoms with Crippen molar-refractivity contribution in [1.82, 2.24) is 0 Å². The molecule has 1 nitrogen and oxygen atoms in total. The summed E-state index contributed by atoms with van der Waals surface area (Å²) >= 11 is 0. The van der Waals surface area contributed by atoms with Crippen LogP contribution in [-0.2, 0) is 4.74 Å². The van der Waals surface area contributed by atoms with Gasteiger partial charge in [-0.2, -0.15) is 0 Å². The van der Waals surface area contributed by atoms with Crippen LogP contribution in [0.25, 0.3) is 0 Å². The Bertz CT molecular complexity index is 70.8. The second-order valence-corrected chi connectivity index (χ2v) is 2.58. The van der Waals surface area contributed by atoms with Gasteiger partial charge in [-0.1, -0.05) is 13.8 Å². The monoisotopic (exact) mass is 114 g/mol. The maximum Gasteiger partial charge on any atom is 0.0598 e. The summed E-state index contributed by atoms with van der Waals surface area (Å²) in [5.74, 6) is 0.806. The van der Waals surface area contributed by atoms with E-state index in [1.54, 1.807) is 0 Å². The molecule has 1 heterocycles. The van der Waals surface area contributed by atoms with Gasteiger partial charge in [0.2, 0.25) is 0 Å². The first-order valence-corrected chi connectivity index (χ1v) is 3.46. The van der Waals surface area contributed by atoms with Crippen LogP contribution >= 0.6 is 0 Å². The van der Waals surface area contributed by atoms with Gasteiger partial charge in [0.15, 0.2) is 0 Å². The smallest absolute Gasteiger partial charge is 0.0598 e. The third-order valence-corrected chi connectivity index (χ3v) is 1.94. The molecule has 48 valence electrons. The van der Waals surface area contributed by atoms with Crippen molar-refractivity contribution in [1.29, 1.82) is 0 Å². The fourth-order valence-electron chi connectivity index (χ4n) is 1.28. The maximum absolute atomic E-state index is 5.41. The fraction of sp³-hybridized carbons (Fsp3) is 1.00. The predicted molar refractivity (Wildman–Crippen MR) is 33.8 cm³/mol. The van der Waals surface area contributed by atoms with E-state index in [1.807, 2.05) is 0 Å². The van der Waals surface area contributed by atoms with Crippen LogP contribution in [-0.4, -0.2) is 12.7 Å². The molecule has 0 unspecified atom stereocenters. The highest BCUT2D eigenvalue weighted by Gasteiger charge is 2.21. The number of rotatable bonds is 1. The summed E-state index contributed by atoms with van der Waals surface area (Å²) in [6, 6.07) is 0. The molecule has 1 aliphatic heterocycles. The van der Waals surface area contributed by atoms with Crippen LogP contribution in [0.3, 0.4) is 0 Å². The lowest BCUT2D eigenvalue weighted by Gasteiger charge is -2.09. The second-order valence-electron chi connectivity index (χ2n) is 2.58. The molecule has 0 aromatic rings.